The van der Waals surface area contributed by atoms with Crippen LogP contribution >= 0.6 is 0 Å². The molecule has 20 heavy (non-hydrogen) atoms. The molecule has 0 fully saturated rings. The van der Waals surface area contributed by atoms with Crippen molar-refractivity contribution in [1.82, 2.24) is 15.5 Å². The highest BCUT2D eigenvalue weighted by Crippen LogP contribution is 2.03. The van der Waals surface area contributed by atoms with Gasteiger partial charge in [0.1, 0.15) is 0 Å². The van der Waals surface area contributed by atoms with Gasteiger partial charge < -0.3 is 15.4 Å². The molecular weight excluding hydrogens is 256 g/mol. The van der Waals surface area contributed by atoms with E-state index in [1.807, 2.05) is 0 Å². The van der Waals surface area contributed by atoms with Gasteiger partial charge in [0.2, 0.25) is 0 Å². The predicted molar refractivity (Wildman–Crippen MR) is 83.0 cm³/mol. The summed E-state index contributed by atoms with van der Waals surface area (Å²) in [5.41, 5.74) is 0. The second kappa shape index (κ2) is 10.5. The number of rotatable bonds is 8. The van der Waals surface area contributed by atoms with E-state index < -0.39 is 0 Å². The molecule has 0 amide bonds. The first kappa shape index (κ1) is 18.7. The fourth-order valence-corrected chi connectivity index (χ4v) is 2.02. The first-order valence-corrected chi connectivity index (χ1v) is 7.19. The number of ether oxygens (including phenoxy) is 1. The zero-order chi connectivity index (χ0) is 15.5. The molecule has 2 N–H and O–H groups in total. The van der Waals surface area contributed by atoms with Crippen molar-refractivity contribution in [2.75, 3.05) is 33.8 Å². The van der Waals surface area contributed by atoms with Crippen LogP contribution < -0.4 is 10.6 Å². The van der Waals surface area contributed by atoms with Crippen LogP contribution in [0.1, 0.15) is 34.1 Å². The van der Waals surface area contributed by atoms with Crippen LogP contribution in [0.3, 0.4) is 0 Å². The Morgan fingerprint density at radius 2 is 1.70 bits per heavy atom. The van der Waals surface area contributed by atoms with Crippen LogP contribution in [0.25, 0.3) is 0 Å². The molecule has 0 atom stereocenters. The Hall–Kier alpha value is -1.30. The van der Waals surface area contributed by atoms with Crippen molar-refractivity contribution in [3.8, 4) is 0 Å². The van der Waals surface area contributed by atoms with Crippen molar-refractivity contribution < 1.29 is 9.53 Å². The maximum atomic E-state index is 11.0. The molecule has 0 aromatic heterocycles. The third kappa shape index (κ3) is 7.99. The van der Waals surface area contributed by atoms with Crippen LogP contribution in [0.15, 0.2) is 4.99 Å². The summed E-state index contributed by atoms with van der Waals surface area (Å²) in [6.07, 6.45) is 0.335. The molecule has 6 heteroatoms. The molecule has 0 aliphatic heterocycles. The molecule has 0 aromatic rings. The third-order valence-electron chi connectivity index (χ3n) is 3.06. The predicted octanol–water partition coefficient (Wildman–Crippen LogP) is 0.833. The van der Waals surface area contributed by atoms with Crippen LogP contribution in [0.2, 0.25) is 0 Å². The van der Waals surface area contributed by atoms with E-state index in [2.05, 4.69) is 53.0 Å². The normalized spacial score (nSPS) is 12.2. The Labute approximate surface area is 123 Å². The Morgan fingerprint density at radius 3 is 2.15 bits per heavy atom. The lowest BCUT2D eigenvalue weighted by molar-refractivity contribution is -0.140. The first-order chi connectivity index (χ1) is 9.42. The highest BCUT2D eigenvalue weighted by molar-refractivity contribution is 5.80. The second-order valence-electron chi connectivity index (χ2n) is 5.18. The Bertz CT molecular complexity index is 296. The monoisotopic (exact) mass is 286 g/mol. The minimum absolute atomic E-state index is 0.223. The molecule has 0 saturated heterocycles. The summed E-state index contributed by atoms with van der Waals surface area (Å²) in [5.74, 6) is 0.486. The average Bonchev–Trinajstić information content (AvgIpc) is 2.40. The first-order valence-electron chi connectivity index (χ1n) is 7.19. The van der Waals surface area contributed by atoms with Gasteiger partial charge in [-0.05, 0) is 27.7 Å². The number of hydrogen-bond acceptors (Lipinski definition) is 4. The van der Waals surface area contributed by atoms with Crippen LogP contribution in [0.5, 0.6) is 0 Å². The Balaban J connectivity index is 3.99. The molecule has 0 unspecified atom stereocenters. The summed E-state index contributed by atoms with van der Waals surface area (Å²) in [5, 5.41) is 6.33. The SMILES string of the molecule is CN=C(NCCC(=O)OC)NCCN(C(C)C)C(C)C. The van der Waals surface area contributed by atoms with Gasteiger partial charge in [0.15, 0.2) is 5.96 Å². The van der Waals surface area contributed by atoms with E-state index in [9.17, 15) is 4.79 Å². The van der Waals surface area contributed by atoms with Crippen molar-refractivity contribution in [1.29, 1.82) is 0 Å². The number of methoxy groups -OCH3 is 1. The quantitative estimate of drug-likeness (QED) is 0.393. The fraction of sp³-hybridized carbons (Fsp3) is 0.857. The van der Waals surface area contributed by atoms with Crippen LogP contribution in [-0.4, -0.2) is 62.7 Å². The van der Waals surface area contributed by atoms with Crippen molar-refractivity contribution >= 4 is 11.9 Å². The lowest BCUT2D eigenvalue weighted by atomic mass is 10.2. The van der Waals surface area contributed by atoms with E-state index in [4.69, 9.17) is 0 Å². The molecule has 0 aliphatic carbocycles. The maximum absolute atomic E-state index is 11.0. The number of nitrogens with zero attached hydrogens (tertiary/aromatic N) is 2. The zero-order valence-electron chi connectivity index (χ0n) is 13.7. The lowest BCUT2D eigenvalue weighted by Crippen LogP contribution is -2.45. The molecule has 0 spiro atoms. The van der Waals surface area contributed by atoms with E-state index in [0.717, 1.165) is 13.1 Å². The summed E-state index contributed by atoms with van der Waals surface area (Å²) in [4.78, 5) is 17.5. The zero-order valence-corrected chi connectivity index (χ0v) is 13.7. The summed E-state index contributed by atoms with van der Waals surface area (Å²) in [6.45, 7) is 11.1. The molecule has 118 valence electrons. The minimum atomic E-state index is -0.223. The maximum Gasteiger partial charge on any atom is 0.307 e. The van der Waals surface area contributed by atoms with Crippen LogP contribution in [-0.2, 0) is 9.53 Å². The number of guanidine groups is 1. The number of aliphatic imine (C=N–C) groups is 1. The highest BCUT2D eigenvalue weighted by atomic mass is 16.5. The molecule has 0 saturated carbocycles. The van der Waals surface area contributed by atoms with Crippen molar-refractivity contribution in [3.05, 3.63) is 0 Å². The van der Waals surface area contributed by atoms with E-state index in [1.165, 1.54) is 7.11 Å². The number of hydrogen-bond donors (Lipinski definition) is 2. The number of carbonyl (C=O) groups excluding carboxylic acids is 1. The van der Waals surface area contributed by atoms with E-state index in [-0.39, 0.29) is 5.97 Å². The Morgan fingerprint density at radius 1 is 1.15 bits per heavy atom. The van der Waals surface area contributed by atoms with Gasteiger partial charge in [0, 0.05) is 38.8 Å². The minimum Gasteiger partial charge on any atom is -0.469 e. The molecule has 0 radical (unpaired) electrons. The molecule has 0 rings (SSSR count). The lowest BCUT2D eigenvalue weighted by Gasteiger charge is -2.30. The van der Waals surface area contributed by atoms with Gasteiger partial charge in [-0.15, -0.1) is 0 Å². The number of esters is 1. The topological polar surface area (TPSA) is 66.0 Å². The van der Waals surface area contributed by atoms with Crippen molar-refractivity contribution in [2.45, 2.75) is 46.2 Å². The molecular formula is C14H30N4O2. The summed E-state index contributed by atoms with van der Waals surface area (Å²) in [6, 6.07) is 1.04. The molecule has 0 bridgehead atoms. The average molecular weight is 286 g/mol. The van der Waals surface area contributed by atoms with Crippen LogP contribution in [0, 0.1) is 0 Å². The van der Waals surface area contributed by atoms with Gasteiger partial charge in [0.05, 0.1) is 13.5 Å². The Kier molecular flexibility index (Phi) is 9.80. The smallest absolute Gasteiger partial charge is 0.307 e. The van der Waals surface area contributed by atoms with Crippen LogP contribution in [0.4, 0.5) is 0 Å². The standard InChI is InChI=1S/C14H30N4O2/c1-11(2)18(12(3)4)10-9-17-14(15-5)16-8-7-13(19)20-6/h11-12H,7-10H2,1-6H3,(H2,15,16,17). The molecule has 6 nitrogen and oxygen atoms in total. The molecule has 0 aliphatic rings. The molecule has 0 aromatic carbocycles. The van der Waals surface area contributed by atoms with E-state index in [0.29, 0.717) is 31.0 Å². The van der Waals surface area contributed by atoms with Gasteiger partial charge in [-0.2, -0.15) is 0 Å². The highest BCUT2D eigenvalue weighted by Gasteiger charge is 2.12. The van der Waals surface area contributed by atoms with E-state index in [1.54, 1.807) is 7.05 Å². The molecule has 0 heterocycles. The van der Waals surface area contributed by atoms with Gasteiger partial charge in [-0.25, -0.2) is 0 Å². The van der Waals surface area contributed by atoms with E-state index >= 15 is 0 Å². The van der Waals surface area contributed by atoms with Gasteiger partial charge in [-0.3, -0.25) is 14.7 Å². The van der Waals surface area contributed by atoms with Crippen molar-refractivity contribution in [3.63, 3.8) is 0 Å². The van der Waals surface area contributed by atoms with Crippen molar-refractivity contribution in [2.24, 2.45) is 4.99 Å². The summed E-state index contributed by atoms with van der Waals surface area (Å²) in [7, 11) is 3.11. The summed E-state index contributed by atoms with van der Waals surface area (Å²) < 4.78 is 4.59. The summed E-state index contributed by atoms with van der Waals surface area (Å²) >= 11 is 0. The van der Waals surface area contributed by atoms with Gasteiger partial charge in [0.25, 0.3) is 0 Å². The largest absolute Gasteiger partial charge is 0.469 e. The van der Waals surface area contributed by atoms with Gasteiger partial charge >= 0.3 is 5.97 Å². The fourth-order valence-electron chi connectivity index (χ4n) is 2.02. The number of carbonyl (C=O) groups is 1. The second-order valence-corrected chi connectivity index (χ2v) is 5.18. The number of nitrogens with one attached hydrogen (secondary N) is 2. The van der Waals surface area contributed by atoms with Gasteiger partial charge in [-0.1, -0.05) is 0 Å². The third-order valence-corrected chi connectivity index (χ3v) is 3.06.